The Morgan fingerprint density at radius 1 is 1.27 bits per heavy atom. The molecule has 26 heavy (non-hydrogen) atoms. The highest BCUT2D eigenvalue weighted by molar-refractivity contribution is 14.1. The summed E-state index contributed by atoms with van der Waals surface area (Å²) in [6.45, 7) is 3.57. The molecule has 0 bridgehead atoms. The summed E-state index contributed by atoms with van der Waals surface area (Å²) in [5.41, 5.74) is 0.778. The Morgan fingerprint density at radius 3 is 2.69 bits per heavy atom. The third kappa shape index (κ3) is 2.49. The molecule has 0 fully saturated rings. The van der Waals surface area contributed by atoms with Crippen molar-refractivity contribution in [1.82, 2.24) is 9.78 Å². The van der Waals surface area contributed by atoms with E-state index in [0.29, 0.717) is 22.6 Å². The van der Waals surface area contributed by atoms with Crippen molar-refractivity contribution in [1.29, 1.82) is 0 Å². The first-order chi connectivity index (χ1) is 12.3. The predicted molar refractivity (Wildman–Crippen MR) is 102 cm³/mol. The third-order valence-electron chi connectivity index (χ3n) is 4.33. The molecule has 3 aromatic rings. The fraction of sp³-hybridized carbons (Fsp3) is 0.158. The van der Waals surface area contributed by atoms with Crippen LogP contribution in [0.25, 0.3) is 16.9 Å². The highest BCUT2D eigenvalue weighted by Crippen LogP contribution is 2.47. The van der Waals surface area contributed by atoms with E-state index in [9.17, 15) is 14.3 Å². The highest BCUT2D eigenvalue weighted by atomic mass is 127. The van der Waals surface area contributed by atoms with Gasteiger partial charge in [0.15, 0.2) is 5.69 Å². The molecular formula is C19H14FIN2O3. The summed E-state index contributed by atoms with van der Waals surface area (Å²) < 4.78 is 22.9. The van der Waals surface area contributed by atoms with E-state index in [1.165, 1.54) is 10.7 Å². The standard InChI is InChI=1S/C19H14FIN2O3/c1-19(2)15-16(18(24)25)22-23(13-6-4-3-5-12(13)20)17(15)11-8-7-10(21)9-14(11)26-19/h3-9H,1-2H3,(H,24,25). The largest absolute Gasteiger partial charge is 0.482 e. The first kappa shape index (κ1) is 17.0. The quantitative estimate of drug-likeness (QED) is 0.563. The lowest BCUT2D eigenvalue weighted by Gasteiger charge is -2.33. The number of hydrogen-bond donors (Lipinski definition) is 1. The van der Waals surface area contributed by atoms with Crippen molar-refractivity contribution in [2.45, 2.75) is 19.4 Å². The van der Waals surface area contributed by atoms with Crippen LogP contribution in [0.3, 0.4) is 0 Å². The molecule has 1 aliphatic heterocycles. The van der Waals surface area contributed by atoms with Crippen LogP contribution in [0.4, 0.5) is 4.39 Å². The van der Waals surface area contributed by atoms with Gasteiger partial charge in [-0.15, -0.1) is 0 Å². The first-order valence-electron chi connectivity index (χ1n) is 7.90. The number of carboxylic acid groups (broad SMARTS) is 1. The van der Waals surface area contributed by atoms with Gasteiger partial charge in [0.05, 0.1) is 11.3 Å². The summed E-state index contributed by atoms with van der Waals surface area (Å²) in [4.78, 5) is 11.8. The van der Waals surface area contributed by atoms with Crippen molar-refractivity contribution < 1.29 is 19.0 Å². The number of para-hydroxylation sites is 1. The van der Waals surface area contributed by atoms with Gasteiger partial charge in [0, 0.05) is 9.13 Å². The lowest BCUT2D eigenvalue weighted by atomic mass is 9.89. The minimum Gasteiger partial charge on any atom is -0.482 e. The highest BCUT2D eigenvalue weighted by Gasteiger charge is 2.41. The van der Waals surface area contributed by atoms with E-state index in [2.05, 4.69) is 27.7 Å². The maximum atomic E-state index is 14.4. The molecule has 0 aliphatic carbocycles. The van der Waals surface area contributed by atoms with Gasteiger partial charge >= 0.3 is 5.97 Å². The molecule has 0 saturated carbocycles. The summed E-state index contributed by atoms with van der Waals surface area (Å²) in [6.07, 6.45) is 0. The van der Waals surface area contributed by atoms with E-state index in [0.717, 1.165) is 3.57 Å². The van der Waals surface area contributed by atoms with E-state index < -0.39 is 17.4 Å². The molecule has 0 spiro atoms. The van der Waals surface area contributed by atoms with Gasteiger partial charge in [-0.2, -0.15) is 5.10 Å². The number of carbonyl (C=O) groups is 1. The average Bonchev–Trinajstić information content (AvgIpc) is 2.96. The number of aromatic carboxylic acids is 1. The van der Waals surface area contributed by atoms with Crippen LogP contribution in [-0.2, 0) is 5.60 Å². The van der Waals surface area contributed by atoms with Gasteiger partial charge in [-0.3, -0.25) is 0 Å². The van der Waals surface area contributed by atoms with Gasteiger partial charge in [-0.25, -0.2) is 13.9 Å². The van der Waals surface area contributed by atoms with Gasteiger partial charge < -0.3 is 9.84 Å². The molecule has 4 rings (SSSR count). The van der Waals surface area contributed by atoms with Crippen LogP contribution >= 0.6 is 22.6 Å². The van der Waals surface area contributed by atoms with Gasteiger partial charge in [0.1, 0.15) is 22.9 Å². The van der Waals surface area contributed by atoms with Crippen molar-refractivity contribution in [3.63, 3.8) is 0 Å². The summed E-state index contributed by atoms with van der Waals surface area (Å²) in [5.74, 6) is -1.04. The zero-order valence-electron chi connectivity index (χ0n) is 14.0. The normalized spacial score (nSPS) is 14.3. The second-order valence-corrected chi connectivity index (χ2v) is 7.74. The molecule has 2 aromatic carbocycles. The van der Waals surface area contributed by atoms with Gasteiger partial charge in [0.2, 0.25) is 0 Å². The number of rotatable bonds is 2. The monoisotopic (exact) mass is 464 g/mol. The molecule has 0 saturated heterocycles. The molecule has 132 valence electrons. The molecule has 0 unspecified atom stereocenters. The van der Waals surface area contributed by atoms with Crippen molar-refractivity contribution in [3.05, 3.63) is 63.1 Å². The number of aromatic nitrogens is 2. The molecule has 5 nitrogen and oxygen atoms in total. The Balaban J connectivity index is 2.13. The fourth-order valence-corrected chi connectivity index (χ4v) is 3.75. The van der Waals surface area contributed by atoms with Crippen LogP contribution in [0, 0.1) is 9.39 Å². The van der Waals surface area contributed by atoms with E-state index in [1.807, 2.05) is 18.2 Å². The van der Waals surface area contributed by atoms with Crippen molar-refractivity contribution in [3.8, 4) is 22.7 Å². The van der Waals surface area contributed by atoms with E-state index in [-0.39, 0.29) is 11.4 Å². The van der Waals surface area contributed by atoms with Gasteiger partial charge in [-0.05, 0) is 66.8 Å². The predicted octanol–water partition coefficient (Wildman–Crippen LogP) is 4.61. The number of hydrogen-bond acceptors (Lipinski definition) is 3. The molecule has 1 N–H and O–H groups in total. The zero-order chi connectivity index (χ0) is 18.6. The van der Waals surface area contributed by atoms with Crippen LogP contribution in [0.2, 0.25) is 0 Å². The molecule has 0 amide bonds. The Bertz CT molecular complexity index is 1060. The van der Waals surface area contributed by atoms with E-state index in [1.54, 1.807) is 32.0 Å². The van der Waals surface area contributed by atoms with Crippen LogP contribution in [0.5, 0.6) is 5.75 Å². The Labute approximate surface area is 162 Å². The molecule has 7 heteroatoms. The molecule has 1 aromatic heterocycles. The van der Waals surface area contributed by atoms with Gasteiger partial charge in [-0.1, -0.05) is 12.1 Å². The van der Waals surface area contributed by atoms with E-state index >= 15 is 0 Å². The summed E-state index contributed by atoms with van der Waals surface area (Å²) >= 11 is 2.18. The lowest BCUT2D eigenvalue weighted by Crippen LogP contribution is -2.31. The zero-order valence-corrected chi connectivity index (χ0v) is 16.1. The van der Waals surface area contributed by atoms with Gasteiger partial charge in [0.25, 0.3) is 0 Å². The van der Waals surface area contributed by atoms with Crippen LogP contribution in [-0.4, -0.2) is 20.9 Å². The maximum Gasteiger partial charge on any atom is 0.356 e. The number of benzene rings is 2. The van der Waals surface area contributed by atoms with E-state index in [4.69, 9.17) is 4.74 Å². The van der Waals surface area contributed by atoms with Crippen LogP contribution in [0.1, 0.15) is 29.9 Å². The molecule has 1 aliphatic rings. The molecular weight excluding hydrogens is 450 g/mol. The third-order valence-corrected chi connectivity index (χ3v) is 5.01. The smallest absolute Gasteiger partial charge is 0.356 e. The maximum absolute atomic E-state index is 14.4. The summed E-state index contributed by atoms with van der Waals surface area (Å²) in [6, 6.07) is 11.8. The fourth-order valence-electron chi connectivity index (χ4n) is 3.29. The number of fused-ring (bicyclic) bond motifs is 3. The van der Waals surface area contributed by atoms with Crippen molar-refractivity contribution in [2.75, 3.05) is 0 Å². The number of halogens is 2. The average molecular weight is 464 g/mol. The lowest BCUT2D eigenvalue weighted by molar-refractivity contribution is 0.0664. The number of ether oxygens (including phenoxy) is 1. The van der Waals surface area contributed by atoms with Crippen molar-refractivity contribution >= 4 is 28.6 Å². The summed E-state index contributed by atoms with van der Waals surface area (Å²) in [7, 11) is 0. The second kappa shape index (κ2) is 5.80. The number of carboxylic acids is 1. The Hall–Kier alpha value is -2.42. The first-order valence-corrected chi connectivity index (χ1v) is 8.98. The number of nitrogens with zero attached hydrogens (tertiary/aromatic N) is 2. The molecule has 0 atom stereocenters. The topological polar surface area (TPSA) is 64.3 Å². The van der Waals surface area contributed by atoms with Crippen LogP contribution in [0.15, 0.2) is 42.5 Å². The van der Waals surface area contributed by atoms with Crippen LogP contribution < -0.4 is 4.74 Å². The Kier molecular flexibility index (Phi) is 3.80. The molecule has 2 heterocycles. The molecule has 0 radical (unpaired) electrons. The minimum absolute atomic E-state index is 0.141. The Morgan fingerprint density at radius 2 is 2.00 bits per heavy atom. The second-order valence-electron chi connectivity index (χ2n) is 6.49. The SMILES string of the molecule is CC1(C)Oc2cc(I)ccc2-c2c1c(C(=O)O)nn2-c1ccccc1F. The summed E-state index contributed by atoms with van der Waals surface area (Å²) in [5, 5.41) is 13.9. The minimum atomic E-state index is -1.18. The van der Waals surface area contributed by atoms with Crippen molar-refractivity contribution in [2.24, 2.45) is 0 Å².